The van der Waals surface area contributed by atoms with Crippen LogP contribution in [0.2, 0.25) is 0 Å². The lowest BCUT2D eigenvalue weighted by Gasteiger charge is -2.04. The van der Waals surface area contributed by atoms with Gasteiger partial charge in [0.2, 0.25) is 6.41 Å². The van der Waals surface area contributed by atoms with Crippen molar-refractivity contribution >= 4 is 23.2 Å². The number of H-pyrrole nitrogens is 1. The molecule has 6 nitrogen and oxygen atoms in total. The number of benzene rings is 1. The van der Waals surface area contributed by atoms with E-state index in [-0.39, 0.29) is 5.91 Å². The normalized spacial score (nSPS) is 13.8. The summed E-state index contributed by atoms with van der Waals surface area (Å²) in [4.78, 5) is 25.2. The molecule has 1 heterocycles. The Labute approximate surface area is 128 Å². The summed E-state index contributed by atoms with van der Waals surface area (Å²) in [6.45, 7) is 1.57. The highest BCUT2D eigenvalue weighted by molar-refractivity contribution is 5.98. The predicted octanol–water partition coefficient (Wildman–Crippen LogP) is 1.43. The predicted molar refractivity (Wildman–Crippen MR) is 82.9 cm³/mol. The van der Waals surface area contributed by atoms with Crippen molar-refractivity contribution in [3.63, 3.8) is 0 Å². The van der Waals surface area contributed by atoms with E-state index in [1.165, 1.54) is 12.8 Å². The Hall–Kier alpha value is -2.50. The number of carbonyl (C=O) groups is 2. The monoisotopic (exact) mass is 301 g/mol. The standard InChI is InChI=1S/C16H19N3O3/c20-10-17-5-6-18-16(21)15-8-12-7-13(3-4-14(12)19-15)22-9-11-1-2-11/h3-4,7-8,10-11,19H,1-2,5-6,9H2,(H,17,20)(H,18,21). The fourth-order valence-electron chi connectivity index (χ4n) is 2.22. The molecule has 0 aliphatic heterocycles. The topological polar surface area (TPSA) is 83.2 Å². The molecule has 0 saturated heterocycles. The molecular weight excluding hydrogens is 282 g/mol. The maximum absolute atomic E-state index is 12.0. The molecule has 0 spiro atoms. The van der Waals surface area contributed by atoms with Gasteiger partial charge in [-0.1, -0.05) is 0 Å². The van der Waals surface area contributed by atoms with Crippen molar-refractivity contribution in [3.8, 4) is 5.75 Å². The van der Waals surface area contributed by atoms with Gasteiger partial charge in [0.1, 0.15) is 11.4 Å². The summed E-state index contributed by atoms with van der Waals surface area (Å²) in [5.74, 6) is 1.35. The van der Waals surface area contributed by atoms with Crippen LogP contribution in [0.4, 0.5) is 0 Å². The van der Waals surface area contributed by atoms with Crippen molar-refractivity contribution < 1.29 is 14.3 Å². The zero-order valence-corrected chi connectivity index (χ0v) is 12.2. The van der Waals surface area contributed by atoms with Crippen LogP contribution in [0.1, 0.15) is 23.3 Å². The van der Waals surface area contributed by atoms with Gasteiger partial charge in [0.05, 0.1) is 6.61 Å². The minimum atomic E-state index is -0.190. The van der Waals surface area contributed by atoms with E-state index in [4.69, 9.17) is 4.74 Å². The van der Waals surface area contributed by atoms with Gasteiger partial charge < -0.3 is 20.4 Å². The van der Waals surface area contributed by atoms with E-state index in [0.717, 1.165) is 23.3 Å². The molecule has 22 heavy (non-hydrogen) atoms. The molecule has 3 rings (SSSR count). The van der Waals surface area contributed by atoms with Crippen molar-refractivity contribution in [3.05, 3.63) is 30.0 Å². The third-order valence-corrected chi connectivity index (χ3v) is 3.66. The van der Waals surface area contributed by atoms with Crippen LogP contribution in [-0.2, 0) is 4.79 Å². The zero-order chi connectivity index (χ0) is 15.4. The summed E-state index contributed by atoms with van der Waals surface area (Å²) < 4.78 is 5.74. The van der Waals surface area contributed by atoms with Gasteiger partial charge in [-0.3, -0.25) is 9.59 Å². The molecule has 1 aliphatic rings. The van der Waals surface area contributed by atoms with Crippen molar-refractivity contribution in [2.75, 3.05) is 19.7 Å². The number of aromatic nitrogens is 1. The number of carbonyl (C=O) groups excluding carboxylic acids is 2. The molecule has 2 amide bonds. The molecule has 3 N–H and O–H groups in total. The average Bonchev–Trinajstić information content (AvgIpc) is 3.26. The first kappa shape index (κ1) is 14.4. The van der Waals surface area contributed by atoms with Crippen molar-refractivity contribution in [1.29, 1.82) is 0 Å². The van der Waals surface area contributed by atoms with Crippen LogP contribution in [0.5, 0.6) is 5.75 Å². The lowest BCUT2D eigenvalue weighted by atomic mass is 10.2. The van der Waals surface area contributed by atoms with Gasteiger partial charge in [0.15, 0.2) is 0 Å². The molecule has 1 aliphatic carbocycles. The zero-order valence-electron chi connectivity index (χ0n) is 12.2. The first-order valence-electron chi connectivity index (χ1n) is 7.47. The van der Waals surface area contributed by atoms with Gasteiger partial charge in [-0.15, -0.1) is 0 Å². The number of rotatable bonds is 8. The number of hydrogen-bond donors (Lipinski definition) is 3. The highest BCUT2D eigenvalue weighted by Crippen LogP contribution is 2.30. The molecule has 1 saturated carbocycles. The molecule has 2 aromatic rings. The number of amides is 2. The number of hydrogen-bond acceptors (Lipinski definition) is 3. The van der Waals surface area contributed by atoms with E-state index in [0.29, 0.717) is 31.1 Å². The fourth-order valence-corrected chi connectivity index (χ4v) is 2.22. The summed E-state index contributed by atoms with van der Waals surface area (Å²) in [7, 11) is 0. The molecule has 1 fully saturated rings. The Morgan fingerprint density at radius 3 is 2.95 bits per heavy atom. The van der Waals surface area contributed by atoms with Gasteiger partial charge in [-0.25, -0.2) is 0 Å². The number of ether oxygens (including phenoxy) is 1. The van der Waals surface area contributed by atoms with Crippen LogP contribution < -0.4 is 15.4 Å². The lowest BCUT2D eigenvalue weighted by Crippen LogP contribution is -2.31. The molecular formula is C16H19N3O3. The summed E-state index contributed by atoms with van der Waals surface area (Å²) in [5.41, 5.74) is 1.40. The summed E-state index contributed by atoms with van der Waals surface area (Å²) in [6, 6.07) is 7.58. The SMILES string of the molecule is O=CNCCNC(=O)c1cc2cc(OCC3CC3)ccc2[nH]1. The van der Waals surface area contributed by atoms with Gasteiger partial charge in [0, 0.05) is 24.0 Å². The average molecular weight is 301 g/mol. The lowest BCUT2D eigenvalue weighted by molar-refractivity contribution is -0.109. The summed E-state index contributed by atoms with van der Waals surface area (Å²) in [6.07, 6.45) is 3.13. The molecule has 116 valence electrons. The Bertz CT molecular complexity index is 676. The second-order valence-corrected chi connectivity index (χ2v) is 5.51. The van der Waals surface area contributed by atoms with Crippen LogP contribution in [0.3, 0.4) is 0 Å². The fraction of sp³-hybridized carbons (Fsp3) is 0.375. The Morgan fingerprint density at radius 2 is 2.18 bits per heavy atom. The maximum Gasteiger partial charge on any atom is 0.267 e. The molecule has 1 aromatic heterocycles. The molecule has 0 bridgehead atoms. The van der Waals surface area contributed by atoms with Crippen molar-refractivity contribution in [2.45, 2.75) is 12.8 Å². The Kier molecular flexibility index (Phi) is 4.27. The highest BCUT2D eigenvalue weighted by Gasteiger charge is 2.21. The minimum Gasteiger partial charge on any atom is -0.493 e. The summed E-state index contributed by atoms with van der Waals surface area (Å²) in [5, 5.41) is 6.18. The van der Waals surface area contributed by atoms with Crippen LogP contribution in [0.25, 0.3) is 10.9 Å². The van der Waals surface area contributed by atoms with Gasteiger partial charge in [-0.05, 0) is 43.0 Å². The van der Waals surface area contributed by atoms with Crippen molar-refractivity contribution in [1.82, 2.24) is 15.6 Å². The molecule has 0 unspecified atom stereocenters. The van der Waals surface area contributed by atoms with Gasteiger partial charge >= 0.3 is 0 Å². The van der Waals surface area contributed by atoms with E-state index in [9.17, 15) is 9.59 Å². The quantitative estimate of drug-likeness (QED) is 0.509. The van der Waals surface area contributed by atoms with Crippen molar-refractivity contribution in [2.24, 2.45) is 5.92 Å². The first-order chi connectivity index (χ1) is 10.8. The van der Waals surface area contributed by atoms with Gasteiger partial charge in [-0.2, -0.15) is 0 Å². The second-order valence-electron chi connectivity index (χ2n) is 5.51. The third kappa shape index (κ3) is 3.58. The number of aromatic amines is 1. The molecule has 0 atom stereocenters. The van der Waals surface area contributed by atoms with Crippen LogP contribution >= 0.6 is 0 Å². The number of nitrogens with one attached hydrogen (secondary N) is 3. The molecule has 6 heteroatoms. The maximum atomic E-state index is 12.0. The summed E-state index contributed by atoms with van der Waals surface area (Å²) >= 11 is 0. The highest BCUT2D eigenvalue weighted by atomic mass is 16.5. The Balaban J connectivity index is 1.63. The van der Waals surface area contributed by atoms with Crippen LogP contribution in [-0.4, -0.2) is 37.0 Å². The smallest absolute Gasteiger partial charge is 0.267 e. The van der Waals surface area contributed by atoms with E-state index in [1.54, 1.807) is 0 Å². The minimum absolute atomic E-state index is 0.190. The van der Waals surface area contributed by atoms with E-state index in [1.807, 2.05) is 24.3 Å². The van der Waals surface area contributed by atoms with Gasteiger partial charge in [0.25, 0.3) is 5.91 Å². The Morgan fingerprint density at radius 1 is 1.32 bits per heavy atom. The van der Waals surface area contributed by atoms with E-state index in [2.05, 4.69) is 15.6 Å². The number of fused-ring (bicyclic) bond motifs is 1. The second kappa shape index (κ2) is 6.51. The largest absolute Gasteiger partial charge is 0.493 e. The van der Waals surface area contributed by atoms with E-state index < -0.39 is 0 Å². The molecule has 0 radical (unpaired) electrons. The van der Waals surface area contributed by atoms with E-state index >= 15 is 0 Å². The third-order valence-electron chi connectivity index (χ3n) is 3.66. The van der Waals surface area contributed by atoms with Crippen LogP contribution in [0, 0.1) is 5.92 Å². The van der Waals surface area contributed by atoms with Crippen LogP contribution in [0.15, 0.2) is 24.3 Å². The molecule has 1 aromatic carbocycles. The first-order valence-corrected chi connectivity index (χ1v) is 7.47.